The Bertz CT molecular complexity index is 1020. The zero-order chi connectivity index (χ0) is 24.9. The maximum absolute atomic E-state index is 12.3. The first kappa shape index (κ1) is 26.5. The molecule has 0 aliphatic carbocycles. The molecule has 0 saturated heterocycles. The molecular weight excluding hydrogens is 432 g/mol. The summed E-state index contributed by atoms with van der Waals surface area (Å²) in [5.74, 6) is 0.749. The second-order valence-corrected chi connectivity index (χ2v) is 9.25. The fourth-order valence-corrected chi connectivity index (χ4v) is 4.42. The normalized spacial score (nSPS) is 11.7. The minimum atomic E-state index is -0.248. The maximum Gasteiger partial charge on any atom is 0.306 e. The van der Waals surface area contributed by atoms with Crippen molar-refractivity contribution in [3.8, 4) is 28.0 Å². The zero-order valence-electron chi connectivity index (χ0n) is 21.6. The van der Waals surface area contributed by atoms with Crippen molar-refractivity contribution in [2.75, 3.05) is 7.11 Å². The summed E-state index contributed by atoms with van der Waals surface area (Å²) < 4.78 is 11.0. The summed E-state index contributed by atoms with van der Waals surface area (Å²) >= 11 is 0. The molecular formula is C32H40O3. The maximum atomic E-state index is 12.3. The van der Waals surface area contributed by atoms with Gasteiger partial charge in [0.25, 0.3) is 0 Å². The zero-order valence-corrected chi connectivity index (χ0v) is 21.6. The number of benzene rings is 3. The Balaban J connectivity index is 1.53. The molecule has 0 bridgehead atoms. The van der Waals surface area contributed by atoms with E-state index in [1.165, 1.54) is 49.7 Å². The molecule has 0 saturated carbocycles. The first-order valence-corrected chi connectivity index (χ1v) is 13.2. The predicted molar refractivity (Wildman–Crippen MR) is 146 cm³/mol. The van der Waals surface area contributed by atoms with E-state index in [0.717, 1.165) is 35.3 Å². The Hall–Kier alpha value is -3.07. The van der Waals surface area contributed by atoms with Crippen LogP contribution in [-0.4, -0.2) is 13.1 Å². The molecule has 0 heterocycles. The van der Waals surface area contributed by atoms with Crippen molar-refractivity contribution in [2.24, 2.45) is 0 Å². The lowest BCUT2D eigenvalue weighted by atomic mass is 9.94. The third-order valence-corrected chi connectivity index (χ3v) is 6.56. The second kappa shape index (κ2) is 14.4. The van der Waals surface area contributed by atoms with Crippen LogP contribution in [0.5, 0.6) is 5.75 Å². The topological polar surface area (TPSA) is 35.5 Å². The van der Waals surface area contributed by atoms with Gasteiger partial charge in [0.1, 0.15) is 11.9 Å². The number of hydrogen-bond acceptors (Lipinski definition) is 3. The van der Waals surface area contributed by atoms with Crippen LogP contribution in [0.1, 0.15) is 83.3 Å². The van der Waals surface area contributed by atoms with E-state index in [0.29, 0.717) is 6.42 Å². The number of rotatable bonds is 14. The molecule has 0 aliphatic rings. The number of methoxy groups -OCH3 is 1. The summed E-state index contributed by atoms with van der Waals surface area (Å²) in [5.41, 5.74) is 5.64. The van der Waals surface area contributed by atoms with Gasteiger partial charge < -0.3 is 9.47 Å². The van der Waals surface area contributed by atoms with Gasteiger partial charge in [-0.25, -0.2) is 0 Å². The van der Waals surface area contributed by atoms with Crippen molar-refractivity contribution < 1.29 is 14.3 Å². The highest BCUT2D eigenvalue weighted by molar-refractivity contribution is 5.83. The highest BCUT2D eigenvalue weighted by atomic mass is 16.5. The lowest BCUT2D eigenvalue weighted by molar-refractivity contribution is -0.148. The largest absolute Gasteiger partial charge is 0.497 e. The summed E-state index contributed by atoms with van der Waals surface area (Å²) in [6, 6.07) is 24.9. The van der Waals surface area contributed by atoms with Crippen LogP contribution < -0.4 is 4.74 Å². The third kappa shape index (κ3) is 8.28. The molecule has 0 radical (unpaired) electrons. The Morgan fingerprint density at radius 1 is 0.714 bits per heavy atom. The smallest absolute Gasteiger partial charge is 0.306 e. The quantitative estimate of drug-likeness (QED) is 0.173. The molecule has 0 N–H and O–H groups in total. The molecule has 3 rings (SSSR count). The van der Waals surface area contributed by atoms with E-state index in [1.807, 2.05) is 19.1 Å². The van der Waals surface area contributed by atoms with Crippen molar-refractivity contribution >= 4 is 5.97 Å². The molecule has 3 aromatic rings. The average Bonchev–Trinajstić information content (AvgIpc) is 2.90. The van der Waals surface area contributed by atoms with Gasteiger partial charge in [0.05, 0.1) is 7.11 Å². The molecule has 0 spiro atoms. The number of carbonyl (C=O) groups excluding carboxylic acids is 1. The molecule has 0 amide bonds. The molecule has 3 nitrogen and oxygen atoms in total. The predicted octanol–water partition coefficient (Wildman–Crippen LogP) is 9.16. The number of esters is 1. The van der Waals surface area contributed by atoms with Gasteiger partial charge in [-0.1, -0.05) is 113 Å². The lowest BCUT2D eigenvalue weighted by Gasteiger charge is -2.15. The van der Waals surface area contributed by atoms with Crippen LogP contribution in [0, 0.1) is 0 Å². The average molecular weight is 473 g/mol. The summed E-state index contributed by atoms with van der Waals surface area (Å²) in [6.45, 7) is 4.19. The van der Waals surface area contributed by atoms with Crippen LogP contribution in [0.2, 0.25) is 0 Å². The third-order valence-electron chi connectivity index (χ3n) is 6.56. The van der Waals surface area contributed by atoms with Crippen LogP contribution in [0.25, 0.3) is 22.3 Å². The Morgan fingerprint density at radius 2 is 1.23 bits per heavy atom. The molecule has 0 aliphatic heterocycles. The van der Waals surface area contributed by atoms with Crippen molar-refractivity contribution in [2.45, 2.75) is 77.7 Å². The lowest BCUT2D eigenvalue weighted by Crippen LogP contribution is -2.08. The Labute approximate surface area is 211 Å². The minimum Gasteiger partial charge on any atom is -0.497 e. The van der Waals surface area contributed by atoms with Gasteiger partial charge in [-0.05, 0) is 53.3 Å². The van der Waals surface area contributed by atoms with Gasteiger partial charge in [-0.2, -0.15) is 0 Å². The second-order valence-electron chi connectivity index (χ2n) is 9.25. The molecule has 1 unspecified atom stereocenters. The fourth-order valence-electron chi connectivity index (χ4n) is 4.42. The van der Waals surface area contributed by atoms with Gasteiger partial charge >= 0.3 is 5.97 Å². The summed E-state index contributed by atoms with van der Waals surface area (Å²) in [6.07, 6.45) is 10.0. The first-order valence-electron chi connectivity index (χ1n) is 13.2. The Kier molecular flexibility index (Phi) is 10.9. The number of ether oxygens (including phenoxy) is 2. The van der Waals surface area contributed by atoms with Crippen LogP contribution in [-0.2, 0) is 9.53 Å². The molecule has 3 heteroatoms. The summed E-state index contributed by atoms with van der Waals surface area (Å²) in [7, 11) is 1.68. The number of unbranched alkanes of at least 4 members (excludes halogenated alkanes) is 7. The van der Waals surface area contributed by atoms with Crippen LogP contribution in [0.15, 0.2) is 72.8 Å². The van der Waals surface area contributed by atoms with Gasteiger partial charge in [-0.3, -0.25) is 4.79 Å². The molecule has 3 aromatic carbocycles. The standard InChI is InChI=1S/C32H40O3/c1-4-5-6-7-8-9-10-11-16-32(33)35-25(2)26-17-19-27(20-18-26)30-14-12-13-15-31(30)28-21-23-29(34-3)24-22-28/h12-15,17-25H,4-11,16H2,1-3H3. The van der Waals surface area contributed by atoms with Crippen molar-refractivity contribution in [1.82, 2.24) is 0 Å². The Morgan fingerprint density at radius 3 is 1.77 bits per heavy atom. The van der Waals surface area contributed by atoms with Crippen molar-refractivity contribution in [3.05, 3.63) is 78.4 Å². The van der Waals surface area contributed by atoms with Gasteiger partial charge in [0.2, 0.25) is 0 Å². The molecule has 0 fully saturated rings. The van der Waals surface area contributed by atoms with Gasteiger partial charge in [0.15, 0.2) is 0 Å². The first-order chi connectivity index (χ1) is 17.1. The molecule has 35 heavy (non-hydrogen) atoms. The van der Waals surface area contributed by atoms with Gasteiger partial charge in [-0.15, -0.1) is 0 Å². The fraction of sp³-hybridized carbons (Fsp3) is 0.406. The van der Waals surface area contributed by atoms with E-state index in [9.17, 15) is 4.79 Å². The highest BCUT2D eigenvalue weighted by Gasteiger charge is 2.13. The number of carbonyl (C=O) groups is 1. The molecule has 1 atom stereocenters. The molecule has 186 valence electrons. The van der Waals surface area contributed by atoms with E-state index in [-0.39, 0.29) is 12.1 Å². The van der Waals surface area contributed by atoms with Crippen LogP contribution >= 0.6 is 0 Å². The summed E-state index contributed by atoms with van der Waals surface area (Å²) in [5, 5.41) is 0. The van der Waals surface area contributed by atoms with Crippen LogP contribution in [0.3, 0.4) is 0 Å². The van der Waals surface area contributed by atoms with Gasteiger partial charge in [0, 0.05) is 6.42 Å². The monoisotopic (exact) mass is 472 g/mol. The van der Waals surface area contributed by atoms with E-state index in [2.05, 4.69) is 67.6 Å². The van der Waals surface area contributed by atoms with E-state index >= 15 is 0 Å². The van der Waals surface area contributed by atoms with Crippen LogP contribution in [0.4, 0.5) is 0 Å². The number of hydrogen-bond donors (Lipinski definition) is 0. The highest BCUT2D eigenvalue weighted by Crippen LogP contribution is 2.33. The summed E-state index contributed by atoms with van der Waals surface area (Å²) in [4.78, 5) is 12.3. The van der Waals surface area contributed by atoms with E-state index in [4.69, 9.17) is 9.47 Å². The van der Waals surface area contributed by atoms with E-state index < -0.39 is 0 Å². The van der Waals surface area contributed by atoms with E-state index in [1.54, 1.807) is 7.11 Å². The van der Waals surface area contributed by atoms with Crippen molar-refractivity contribution in [3.63, 3.8) is 0 Å². The molecule has 0 aromatic heterocycles. The minimum absolute atomic E-state index is 0.0996. The SMILES string of the molecule is CCCCCCCCCCC(=O)OC(C)c1ccc(-c2ccccc2-c2ccc(OC)cc2)cc1. The van der Waals surface area contributed by atoms with Crippen molar-refractivity contribution in [1.29, 1.82) is 0 Å².